The number of aliphatic hydroxyl groups excluding tert-OH is 1. The van der Waals surface area contributed by atoms with E-state index in [0.717, 1.165) is 5.56 Å². The Morgan fingerprint density at radius 2 is 1.97 bits per heavy atom. The number of hydrogen-bond acceptors (Lipinski definition) is 7. The van der Waals surface area contributed by atoms with Crippen LogP contribution in [-0.2, 0) is 10.0 Å². The van der Waals surface area contributed by atoms with Gasteiger partial charge in [-0.1, -0.05) is 24.6 Å². The lowest BCUT2D eigenvalue weighted by atomic mass is 9.88. The van der Waals surface area contributed by atoms with Gasteiger partial charge in [0.2, 0.25) is 15.9 Å². The summed E-state index contributed by atoms with van der Waals surface area (Å²) < 4.78 is 56.0. The largest absolute Gasteiger partial charge is 0.486 e. The fourth-order valence-corrected chi connectivity index (χ4v) is 6.25. The topological polar surface area (TPSA) is 135 Å². The fraction of sp³-hybridized carbons (Fsp3) is 0.417. The summed E-state index contributed by atoms with van der Waals surface area (Å²) >= 11 is 6.28. The highest BCUT2D eigenvalue weighted by Crippen LogP contribution is 2.47. The average Bonchev–Trinajstić information content (AvgIpc) is 3.19. The number of hydrogen-bond donors (Lipinski definition) is 3. The Hall–Kier alpha value is -2.73. The summed E-state index contributed by atoms with van der Waals surface area (Å²) in [5, 5.41) is 16.8. The normalized spacial score (nSPS) is 18.8. The molecule has 0 fully saturated rings. The van der Waals surface area contributed by atoms with Gasteiger partial charge in [-0.15, -0.1) is 5.10 Å². The summed E-state index contributed by atoms with van der Waals surface area (Å²) in [5.41, 5.74) is 0.973. The van der Waals surface area contributed by atoms with E-state index in [0.29, 0.717) is 5.56 Å². The molecule has 0 aliphatic carbocycles. The van der Waals surface area contributed by atoms with Gasteiger partial charge in [0.25, 0.3) is 0 Å². The number of aryl methyl sites for hydroxylation is 1. The Morgan fingerprint density at radius 1 is 1.28 bits per heavy atom. The predicted molar refractivity (Wildman–Crippen MR) is 130 cm³/mol. The SMILES string of the molecule is Cc1ccc(F)c([C@@H](C)[C@H](NS(=O)(=O)c2ccc(Cl)c3c2OC(C)(C)CC3O)c2n[nH]c(=O)o2)c1C. The van der Waals surface area contributed by atoms with Crippen LogP contribution in [0.3, 0.4) is 0 Å². The molecule has 0 bridgehead atoms. The lowest BCUT2D eigenvalue weighted by Gasteiger charge is -2.37. The highest BCUT2D eigenvalue weighted by molar-refractivity contribution is 7.89. The second kappa shape index (κ2) is 9.29. The first kappa shape index (κ1) is 26.3. The van der Waals surface area contributed by atoms with E-state index < -0.39 is 45.3 Å². The predicted octanol–water partition coefficient (Wildman–Crippen LogP) is 4.19. The number of aliphatic hydroxyl groups is 1. The van der Waals surface area contributed by atoms with Crippen LogP contribution in [0, 0.1) is 19.7 Å². The van der Waals surface area contributed by atoms with E-state index >= 15 is 0 Å². The third-order valence-corrected chi connectivity index (χ3v) is 8.28. The fourth-order valence-electron chi connectivity index (χ4n) is 4.57. The standard InChI is InChI=1S/C24H27ClFN3O6S/c1-11-6-8-15(26)18(12(11)2)13(3)20(22-27-28-23(31)34-22)29-36(32,33)17-9-7-14(25)19-16(30)10-24(4,5)35-21(17)19/h6-9,13,16,20,29-30H,10H2,1-5H3,(H,28,31)/t13-,16?,20+/m1/s1. The Kier molecular flexibility index (Phi) is 6.80. The number of fused-ring (bicyclic) bond motifs is 1. The third-order valence-electron chi connectivity index (χ3n) is 6.48. The molecule has 0 saturated heterocycles. The van der Waals surface area contributed by atoms with Crippen molar-refractivity contribution in [3.8, 4) is 5.75 Å². The van der Waals surface area contributed by atoms with Crippen molar-refractivity contribution in [2.45, 2.75) is 69.6 Å². The molecule has 0 saturated carbocycles. The van der Waals surface area contributed by atoms with Gasteiger partial charge in [-0.05, 0) is 62.6 Å². The molecule has 4 rings (SSSR count). The number of H-pyrrole nitrogens is 1. The number of aromatic amines is 1. The first-order chi connectivity index (χ1) is 16.7. The van der Waals surface area contributed by atoms with Crippen molar-refractivity contribution in [3.63, 3.8) is 0 Å². The van der Waals surface area contributed by atoms with Crippen LogP contribution in [0.5, 0.6) is 5.75 Å². The highest BCUT2D eigenvalue weighted by Gasteiger charge is 2.40. The molecule has 0 amide bonds. The minimum atomic E-state index is -4.40. The van der Waals surface area contributed by atoms with Crippen molar-refractivity contribution < 1.29 is 27.1 Å². The zero-order valence-electron chi connectivity index (χ0n) is 20.3. The summed E-state index contributed by atoms with van der Waals surface area (Å²) in [4.78, 5) is 11.4. The van der Waals surface area contributed by atoms with Crippen LogP contribution >= 0.6 is 11.6 Å². The van der Waals surface area contributed by atoms with E-state index in [4.69, 9.17) is 20.8 Å². The summed E-state index contributed by atoms with van der Waals surface area (Å²) in [7, 11) is -4.40. The Bertz CT molecular complexity index is 1480. The Morgan fingerprint density at radius 3 is 2.61 bits per heavy atom. The smallest absolute Gasteiger partial charge is 0.434 e. The van der Waals surface area contributed by atoms with Gasteiger partial charge < -0.3 is 14.3 Å². The minimum absolute atomic E-state index is 0.0773. The Labute approximate surface area is 212 Å². The molecule has 2 aromatic carbocycles. The maximum atomic E-state index is 15.0. The van der Waals surface area contributed by atoms with Crippen LogP contribution in [0.4, 0.5) is 4.39 Å². The van der Waals surface area contributed by atoms with Crippen LogP contribution in [0.25, 0.3) is 0 Å². The number of benzene rings is 2. The molecule has 12 heteroatoms. The van der Waals surface area contributed by atoms with E-state index in [9.17, 15) is 22.7 Å². The molecular weight excluding hydrogens is 513 g/mol. The van der Waals surface area contributed by atoms with Crippen molar-refractivity contribution in [2.24, 2.45) is 0 Å². The summed E-state index contributed by atoms with van der Waals surface area (Å²) in [6.07, 6.45) is -0.838. The molecule has 194 valence electrons. The van der Waals surface area contributed by atoms with E-state index in [1.165, 1.54) is 18.2 Å². The van der Waals surface area contributed by atoms with Gasteiger partial charge >= 0.3 is 5.76 Å². The molecule has 3 atom stereocenters. The van der Waals surface area contributed by atoms with E-state index in [1.54, 1.807) is 33.8 Å². The highest BCUT2D eigenvalue weighted by atomic mass is 35.5. The lowest BCUT2D eigenvalue weighted by molar-refractivity contribution is 0.00890. The molecule has 1 aromatic heterocycles. The number of sulfonamides is 1. The summed E-state index contributed by atoms with van der Waals surface area (Å²) in [5.74, 6) is -2.60. The quantitative estimate of drug-likeness (QED) is 0.427. The number of aromatic nitrogens is 2. The molecule has 0 radical (unpaired) electrons. The van der Waals surface area contributed by atoms with Crippen LogP contribution in [0.2, 0.25) is 5.02 Å². The van der Waals surface area contributed by atoms with Gasteiger partial charge in [-0.25, -0.2) is 22.7 Å². The molecule has 9 nitrogen and oxygen atoms in total. The average molecular weight is 540 g/mol. The zero-order valence-corrected chi connectivity index (χ0v) is 21.9. The molecule has 0 spiro atoms. The first-order valence-electron chi connectivity index (χ1n) is 11.2. The number of nitrogens with zero attached hydrogens (tertiary/aromatic N) is 1. The van der Waals surface area contributed by atoms with Crippen molar-refractivity contribution in [1.82, 2.24) is 14.9 Å². The van der Waals surface area contributed by atoms with Crippen LogP contribution in [-0.4, -0.2) is 29.3 Å². The van der Waals surface area contributed by atoms with Crippen LogP contribution in [0.1, 0.15) is 73.4 Å². The van der Waals surface area contributed by atoms with Crippen LogP contribution in [0.15, 0.2) is 38.4 Å². The second-order valence-corrected chi connectivity index (χ2v) is 11.7. The van der Waals surface area contributed by atoms with Crippen LogP contribution < -0.4 is 15.2 Å². The number of nitrogens with one attached hydrogen (secondary N) is 2. The molecule has 3 aromatic rings. The third kappa shape index (κ3) is 4.80. The van der Waals surface area contributed by atoms with Gasteiger partial charge in [-0.2, -0.15) is 4.72 Å². The monoisotopic (exact) mass is 539 g/mol. The molecule has 2 heterocycles. The maximum Gasteiger partial charge on any atom is 0.434 e. The first-order valence-corrected chi connectivity index (χ1v) is 13.1. The molecular formula is C24H27ClFN3O6S. The number of rotatable bonds is 6. The molecule has 1 aliphatic rings. The molecule has 36 heavy (non-hydrogen) atoms. The minimum Gasteiger partial charge on any atom is -0.486 e. The number of halogens is 2. The van der Waals surface area contributed by atoms with Crippen molar-refractivity contribution in [2.75, 3.05) is 0 Å². The van der Waals surface area contributed by atoms with Gasteiger partial charge in [0, 0.05) is 17.9 Å². The van der Waals surface area contributed by atoms with Crippen molar-refractivity contribution >= 4 is 21.6 Å². The Balaban J connectivity index is 1.84. The molecule has 1 unspecified atom stereocenters. The molecule has 3 N–H and O–H groups in total. The molecule has 1 aliphatic heterocycles. The second-order valence-electron chi connectivity index (χ2n) is 9.61. The van der Waals surface area contributed by atoms with Gasteiger partial charge in [0.1, 0.15) is 28.1 Å². The van der Waals surface area contributed by atoms with Crippen molar-refractivity contribution in [1.29, 1.82) is 0 Å². The van der Waals surface area contributed by atoms with Gasteiger partial charge in [-0.3, -0.25) is 0 Å². The van der Waals surface area contributed by atoms with E-state index in [2.05, 4.69) is 14.9 Å². The van der Waals surface area contributed by atoms with Gasteiger partial charge in [0.15, 0.2) is 0 Å². The van der Waals surface area contributed by atoms with E-state index in [-0.39, 0.29) is 39.1 Å². The van der Waals surface area contributed by atoms with Crippen molar-refractivity contribution in [3.05, 3.63) is 73.8 Å². The maximum absolute atomic E-state index is 15.0. The summed E-state index contributed by atoms with van der Waals surface area (Å²) in [6.45, 7) is 8.58. The summed E-state index contributed by atoms with van der Waals surface area (Å²) in [6, 6.07) is 4.28. The van der Waals surface area contributed by atoms with E-state index in [1.807, 2.05) is 6.92 Å². The van der Waals surface area contributed by atoms with Gasteiger partial charge in [0.05, 0.1) is 11.1 Å². The number of ether oxygens (including phenoxy) is 1. The lowest BCUT2D eigenvalue weighted by Crippen LogP contribution is -2.37. The zero-order chi connectivity index (χ0) is 26.6.